The van der Waals surface area contributed by atoms with Gasteiger partial charge in [-0.05, 0) is 17.7 Å². The average molecular weight is 261 g/mol. The molecule has 0 bridgehead atoms. The van der Waals surface area contributed by atoms with Crippen molar-refractivity contribution in [3.63, 3.8) is 0 Å². The maximum atomic E-state index is 13.4. The molecule has 98 valence electrons. The third kappa shape index (κ3) is 2.70. The lowest BCUT2D eigenvalue weighted by Gasteiger charge is -2.00. The molecule has 0 aliphatic heterocycles. The number of Topliss-reactive ketones (excluding diaryl/α,β-unsaturated/α-hetero) is 1. The molecule has 1 N–H and O–H groups in total. The molecule has 5 heteroatoms. The number of aryl methyl sites for hydroxylation is 1. The van der Waals surface area contributed by atoms with E-state index in [1.54, 1.807) is 19.2 Å². The maximum Gasteiger partial charge on any atom is 0.352 e. The highest BCUT2D eigenvalue weighted by molar-refractivity contribution is 5.99. The van der Waals surface area contributed by atoms with Gasteiger partial charge in [0.25, 0.3) is 0 Å². The monoisotopic (exact) mass is 261 g/mol. The quantitative estimate of drug-likeness (QED) is 0.859. The summed E-state index contributed by atoms with van der Waals surface area (Å²) in [4.78, 5) is 22.9. The van der Waals surface area contributed by atoms with Crippen molar-refractivity contribution in [2.45, 2.75) is 6.42 Å². The van der Waals surface area contributed by atoms with Crippen molar-refractivity contribution in [2.75, 3.05) is 0 Å². The molecule has 0 fully saturated rings. The number of nitrogens with zero attached hydrogens (tertiary/aromatic N) is 1. The van der Waals surface area contributed by atoms with E-state index < -0.39 is 11.8 Å². The third-order valence-electron chi connectivity index (χ3n) is 2.85. The van der Waals surface area contributed by atoms with E-state index >= 15 is 0 Å². The Kier molecular flexibility index (Phi) is 3.46. The number of benzene rings is 1. The van der Waals surface area contributed by atoms with Crippen molar-refractivity contribution < 1.29 is 19.1 Å². The number of carbonyl (C=O) groups excluding carboxylic acids is 1. The summed E-state index contributed by atoms with van der Waals surface area (Å²) in [6.45, 7) is 0. The van der Waals surface area contributed by atoms with E-state index in [0.29, 0.717) is 5.56 Å². The predicted octanol–water partition coefficient (Wildman–Crippen LogP) is 2.29. The van der Waals surface area contributed by atoms with Crippen molar-refractivity contribution >= 4 is 11.8 Å². The lowest BCUT2D eigenvalue weighted by molar-refractivity contribution is 0.0686. The van der Waals surface area contributed by atoms with Crippen LogP contribution in [0.4, 0.5) is 4.39 Å². The largest absolute Gasteiger partial charge is 0.477 e. The molecule has 0 unspecified atom stereocenters. The van der Waals surface area contributed by atoms with Gasteiger partial charge in [0.05, 0.1) is 0 Å². The zero-order chi connectivity index (χ0) is 14.0. The minimum atomic E-state index is -1.10. The summed E-state index contributed by atoms with van der Waals surface area (Å²) in [6, 6.07) is 7.32. The number of aromatic nitrogens is 1. The first-order valence-corrected chi connectivity index (χ1v) is 5.65. The Morgan fingerprint density at radius 3 is 2.58 bits per heavy atom. The van der Waals surface area contributed by atoms with E-state index in [9.17, 15) is 14.0 Å². The van der Waals surface area contributed by atoms with Crippen LogP contribution in [0.3, 0.4) is 0 Å². The zero-order valence-electron chi connectivity index (χ0n) is 10.3. The first kappa shape index (κ1) is 13.0. The number of rotatable bonds is 4. The molecule has 0 amide bonds. The van der Waals surface area contributed by atoms with Gasteiger partial charge in [-0.3, -0.25) is 4.79 Å². The molecular weight excluding hydrogens is 249 g/mol. The Morgan fingerprint density at radius 2 is 2.00 bits per heavy atom. The first-order chi connectivity index (χ1) is 8.99. The van der Waals surface area contributed by atoms with Gasteiger partial charge < -0.3 is 9.67 Å². The number of hydrogen-bond acceptors (Lipinski definition) is 2. The SMILES string of the molecule is Cn1cc(C(=O)Cc2ccccc2F)cc1C(=O)O. The van der Waals surface area contributed by atoms with Crippen LogP contribution < -0.4 is 0 Å². The second kappa shape index (κ2) is 5.06. The number of aromatic carboxylic acids is 1. The van der Waals surface area contributed by atoms with E-state index in [4.69, 9.17) is 5.11 Å². The highest BCUT2D eigenvalue weighted by Crippen LogP contribution is 2.13. The van der Waals surface area contributed by atoms with Gasteiger partial charge in [-0.15, -0.1) is 0 Å². The fraction of sp³-hybridized carbons (Fsp3) is 0.143. The average Bonchev–Trinajstić information content (AvgIpc) is 2.74. The fourth-order valence-corrected chi connectivity index (χ4v) is 1.85. The minimum Gasteiger partial charge on any atom is -0.477 e. The smallest absolute Gasteiger partial charge is 0.352 e. The van der Waals surface area contributed by atoms with Crippen LogP contribution >= 0.6 is 0 Å². The molecule has 1 heterocycles. The van der Waals surface area contributed by atoms with Crippen molar-refractivity contribution in [2.24, 2.45) is 7.05 Å². The summed E-state index contributed by atoms with van der Waals surface area (Å²) in [6.07, 6.45) is 1.35. The summed E-state index contributed by atoms with van der Waals surface area (Å²) in [5.41, 5.74) is 0.591. The second-order valence-corrected chi connectivity index (χ2v) is 4.22. The Balaban J connectivity index is 2.24. The van der Waals surface area contributed by atoms with Crippen LogP contribution in [0.5, 0.6) is 0 Å². The van der Waals surface area contributed by atoms with Crippen molar-refractivity contribution in [1.29, 1.82) is 0 Å². The molecule has 1 aromatic carbocycles. The lowest BCUT2D eigenvalue weighted by atomic mass is 10.0. The van der Waals surface area contributed by atoms with E-state index in [1.807, 2.05) is 0 Å². The number of carboxylic acid groups (broad SMARTS) is 1. The lowest BCUT2D eigenvalue weighted by Crippen LogP contribution is -2.04. The highest BCUT2D eigenvalue weighted by Gasteiger charge is 2.16. The third-order valence-corrected chi connectivity index (χ3v) is 2.85. The number of ketones is 1. The molecule has 0 spiro atoms. The topological polar surface area (TPSA) is 59.3 Å². The fourth-order valence-electron chi connectivity index (χ4n) is 1.85. The molecule has 0 saturated heterocycles. The summed E-state index contributed by atoms with van der Waals surface area (Å²) in [5.74, 6) is -1.86. The van der Waals surface area contributed by atoms with Crippen LogP contribution in [0.2, 0.25) is 0 Å². The molecule has 0 atom stereocenters. The molecule has 0 aliphatic carbocycles. The zero-order valence-corrected chi connectivity index (χ0v) is 10.3. The standard InChI is InChI=1S/C14H12FNO3/c1-16-8-10(6-12(16)14(18)19)13(17)7-9-4-2-3-5-11(9)15/h2-6,8H,7H2,1H3,(H,18,19). The van der Waals surface area contributed by atoms with Crippen LogP contribution in [0, 0.1) is 5.82 Å². The van der Waals surface area contributed by atoms with Gasteiger partial charge in [-0.25, -0.2) is 9.18 Å². The normalized spacial score (nSPS) is 10.4. The van der Waals surface area contributed by atoms with Crippen LogP contribution in [-0.4, -0.2) is 21.4 Å². The van der Waals surface area contributed by atoms with Crippen LogP contribution in [-0.2, 0) is 13.5 Å². The Morgan fingerprint density at radius 1 is 1.32 bits per heavy atom. The summed E-state index contributed by atoms with van der Waals surface area (Å²) in [7, 11) is 1.54. The Bertz CT molecular complexity index is 646. The molecule has 1 aromatic heterocycles. The van der Waals surface area contributed by atoms with E-state index in [2.05, 4.69) is 0 Å². The predicted molar refractivity (Wildman–Crippen MR) is 66.8 cm³/mol. The summed E-state index contributed by atoms with van der Waals surface area (Å²) < 4.78 is 14.8. The van der Waals surface area contributed by atoms with Crippen LogP contribution in [0.1, 0.15) is 26.4 Å². The molecule has 0 saturated carbocycles. The highest BCUT2D eigenvalue weighted by atomic mass is 19.1. The molecule has 0 aliphatic rings. The van der Waals surface area contributed by atoms with E-state index in [-0.39, 0.29) is 23.5 Å². The Hall–Kier alpha value is -2.43. The second-order valence-electron chi connectivity index (χ2n) is 4.22. The van der Waals surface area contributed by atoms with Gasteiger partial charge in [-0.1, -0.05) is 18.2 Å². The van der Waals surface area contributed by atoms with Crippen molar-refractivity contribution in [1.82, 2.24) is 4.57 Å². The molecule has 0 radical (unpaired) electrons. The van der Waals surface area contributed by atoms with Gasteiger partial charge in [0, 0.05) is 25.2 Å². The first-order valence-electron chi connectivity index (χ1n) is 5.65. The molecule has 19 heavy (non-hydrogen) atoms. The number of halogens is 1. The molecule has 2 aromatic rings. The van der Waals surface area contributed by atoms with Crippen molar-refractivity contribution in [3.05, 3.63) is 59.2 Å². The molecule has 4 nitrogen and oxygen atoms in total. The van der Waals surface area contributed by atoms with Crippen molar-refractivity contribution in [3.8, 4) is 0 Å². The summed E-state index contributed by atoms with van der Waals surface area (Å²) in [5, 5.41) is 8.90. The van der Waals surface area contributed by atoms with Gasteiger partial charge in [-0.2, -0.15) is 0 Å². The van der Waals surface area contributed by atoms with Gasteiger partial charge in [0.2, 0.25) is 0 Å². The van der Waals surface area contributed by atoms with E-state index in [0.717, 1.165) is 0 Å². The van der Waals surface area contributed by atoms with Crippen LogP contribution in [0.25, 0.3) is 0 Å². The number of hydrogen-bond donors (Lipinski definition) is 1. The Labute approximate surface area is 109 Å². The van der Waals surface area contributed by atoms with Gasteiger partial charge >= 0.3 is 5.97 Å². The van der Waals surface area contributed by atoms with Gasteiger partial charge in [0.1, 0.15) is 11.5 Å². The van der Waals surface area contributed by atoms with E-state index in [1.165, 1.54) is 29.0 Å². The number of carboxylic acids is 1. The molecule has 2 rings (SSSR count). The minimum absolute atomic E-state index is 0.0249. The summed E-state index contributed by atoms with van der Waals surface area (Å²) >= 11 is 0. The van der Waals surface area contributed by atoms with Crippen LogP contribution in [0.15, 0.2) is 36.5 Å². The van der Waals surface area contributed by atoms with Gasteiger partial charge in [0.15, 0.2) is 5.78 Å². The number of carbonyl (C=O) groups is 2. The maximum absolute atomic E-state index is 13.4. The molecular formula is C14H12FNO3.